The van der Waals surface area contributed by atoms with Gasteiger partial charge in [0.15, 0.2) is 0 Å². The first-order chi connectivity index (χ1) is 9.31. The molecule has 2 aromatic rings. The Balaban J connectivity index is 1.57. The first-order valence-electron chi connectivity index (χ1n) is 6.55. The quantitative estimate of drug-likeness (QED) is 0.851. The van der Waals surface area contributed by atoms with E-state index in [9.17, 15) is 0 Å². The maximum atomic E-state index is 6.05. The fourth-order valence-corrected chi connectivity index (χ4v) is 3.32. The van der Waals surface area contributed by atoms with Gasteiger partial charge in [-0.3, -0.25) is 4.90 Å². The molecule has 2 heterocycles. The minimum Gasteiger partial charge on any atom is -0.369 e. The van der Waals surface area contributed by atoms with E-state index in [1.54, 1.807) is 11.3 Å². The molecule has 0 atom stereocenters. The van der Waals surface area contributed by atoms with Gasteiger partial charge >= 0.3 is 0 Å². The lowest BCUT2D eigenvalue weighted by molar-refractivity contribution is 0.250. The monoisotopic (exact) mass is 292 g/mol. The van der Waals surface area contributed by atoms with Gasteiger partial charge in [-0.1, -0.05) is 17.7 Å². The van der Waals surface area contributed by atoms with Crippen molar-refractivity contribution in [3.05, 3.63) is 51.7 Å². The molecule has 0 aliphatic carbocycles. The van der Waals surface area contributed by atoms with Crippen LogP contribution in [0.3, 0.4) is 0 Å². The predicted octanol–water partition coefficient (Wildman–Crippen LogP) is 3.72. The van der Waals surface area contributed by atoms with Crippen molar-refractivity contribution in [1.82, 2.24) is 4.90 Å². The van der Waals surface area contributed by atoms with Gasteiger partial charge in [0.1, 0.15) is 0 Å². The van der Waals surface area contributed by atoms with Gasteiger partial charge < -0.3 is 4.90 Å². The van der Waals surface area contributed by atoms with Crippen molar-refractivity contribution in [3.63, 3.8) is 0 Å². The molecule has 4 heteroatoms. The van der Waals surface area contributed by atoms with E-state index in [1.165, 1.54) is 11.3 Å². The van der Waals surface area contributed by atoms with Gasteiger partial charge in [-0.05, 0) is 40.6 Å². The lowest BCUT2D eigenvalue weighted by Crippen LogP contribution is -2.45. The zero-order chi connectivity index (χ0) is 13.1. The number of hydrogen-bond acceptors (Lipinski definition) is 3. The highest BCUT2D eigenvalue weighted by Crippen LogP contribution is 2.21. The number of halogens is 1. The van der Waals surface area contributed by atoms with Crippen LogP contribution in [0.5, 0.6) is 0 Å². The van der Waals surface area contributed by atoms with Gasteiger partial charge in [-0.25, -0.2) is 0 Å². The molecule has 100 valence electrons. The topological polar surface area (TPSA) is 6.48 Å². The van der Waals surface area contributed by atoms with Crippen LogP contribution in [0, 0.1) is 0 Å². The molecule has 0 amide bonds. The fourth-order valence-electron chi connectivity index (χ4n) is 2.48. The molecule has 3 rings (SSSR count). The number of piperazine rings is 1. The molecule has 1 aliphatic rings. The maximum Gasteiger partial charge on any atom is 0.0426 e. The fraction of sp³-hybridized carbons (Fsp3) is 0.333. The highest BCUT2D eigenvalue weighted by molar-refractivity contribution is 7.07. The van der Waals surface area contributed by atoms with Crippen LogP contribution < -0.4 is 4.90 Å². The van der Waals surface area contributed by atoms with Crippen LogP contribution in [-0.4, -0.2) is 31.1 Å². The van der Waals surface area contributed by atoms with Gasteiger partial charge in [-0.15, -0.1) is 0 Å². The zero-order valence-corrected chi connectivity index (χ0v) is 12.3. The number of thiophene rings is 1. The van der Waals surface area contributed by atoms with E-state index in [2.05, 4.69) is 38.8 Å². The van der Waals surface area contributed by atoms with E-state index in [0.29, 0.717) is 0 Å². The minimum atomic E-state index is 0.818. The van der Waals surface area contributed by atoms with Crippen molar-refractivity contribution in [2.75, 3.05) is 31.1 Å². The molecular formula is C15H17ClN2S. The summed E-state index contributed by atoms with van der Waals surface area (Å²) < 4.78 is 0. The van der Waals surface area contributed by atoms with Gasteiger partial charge in [0.2, 0.25) is 0 Å². The second kappa shape index (κ2) is 5.95. The molecule has 1 fully saturated rings. The van der Waals surface area contributed by atoms with Gasteiger partial charge in [0.25, 0.3) is 0 Å². The zero-order valence-electron chi connectivity index (χ0n) is 10.8. The molecular weight excluding hydrogens is 276 g/mol. The summed E-state index contributed by atoms with van der Waals surface area (Å²) >= 11 is 7.83. The summed E-state index contributed by atoms with van der Waals surface area (Å²) in [6, 6.07) is 10.4. The normalized spacial score (nSPS) is 16.8. The molecule has 1 aliphatic heterocycles. The van der Waals surface area contributed by atoms with E-state index in [0.717, 1.165) is 37.7 Å². The molecule has 1 aromatic heterocycles. The average molecular weight is 293 g/mol. The van der Waals surface area contributed by atoms with Crippen LogP contribution in [0.4, 0.5) is 5.69 Å². The number of hydrogen-bond donors (Lipinski definition) is 0. The van der Waals surface area contributed by atoms with Gasteiger partial charge in [-0.2, -0.15) is 11.3 Å². The molecule has 1 saturated heterocycles. The van der Waals surface area contributed by atoms with Crippen LogP contribution in [0.15, 0.2) is 41.1 Å². The summed E-state index contributed by atoms with van der Waals surface area (Å²) in [7, 11) is 0. The smallest absolute Gasteiger partial charge is 0.0426 e. The molecule has 2 nitrogen and oxygen atoms in total. The largest absolute Gasteiger partial charge is 0.369 e. The van der Waals surface area contributed by atoms with E-state index in [-0.39, 0.29) is 0 Å². The van der Waals surface area contributed by atoms with Crippen molar-refractivity contribution >= 4 is 28.6 Å². The minimum absolute atomic E-state index is 0.818. The Kier molecular flexibility index (Phi) is 4.06. The predicted molar refractivity (Wildman–Crippen MR) is 83.3 cm³/mol. The molecule has 0 spiro atoms. The Morgan fingerprint density at radius 1 is 1.11 bits per heavy atom. The van der Waals surface area contributed by atoms with Crippen LogP contribution in [0.25, 0.3) is 0 Å². The Labute approximate surface area is 123 Å². The second-order valence-electron chi connectivity index (χ2n) is 4.87. The molecule has 1 aromatic carbocycles. The van der Waals surface area contributed by atoms with E-state index in [1.807, 2.05) is 12.1 Å². The first-order valence-corrected chi connectivity index (χ1v) is 7.87. The standard InChI is InChI=1S/C15H17ClN2S/c16-14-2-1-3-15(10-14)18-7-5-17(6-8-18)11-13-4-9-19-12-13/h1-4,9-10,12H,5-8,11H2. The number of rotatable bonds is 3. The maximum absolute atomic E-state index is 6.05. The number of benzene rings is 1. The van der Waals surface area contributed by atoms with Crippen LogP contribution in [0.1, 0.15) is 5.56 Å². The van der Waals surface area contributed by atoms with E-state index in [4.69, 9.17) is 11.6 Å². The Bertz CT molecular complexity index is 519. The third kappa shape index (κ3) is 3.30. The second-order valence-corrected chi connectivity index (χ2v) is 6.09. The third-order valence-electron chi connectivity index (χ3n) is 3.53. The summed E-state index contributed by atoms with van der Waals surface area (Å²) in [6.45, 7) is 5.45. The van der Waals surface area contributed by atoms with E-state index < -0.39 is 0 Å². The summed E-state index contributed by atoms with van der Waals surface area (Å²) in [5, 5.41) is 5.21. The molecule has 19 heavy (non-hydrogen) atoms. The Morgan fingerprint density at radius 3 is 2.63 bits per heavy atom. The summed E-state index contributed by atoms with van der Waals surface area (Å²) in [6.07, 6.45) is 0. The van der Waals surface area contributed by atoms with Crippen molar-refractivity contribution in [3.8, 4) is 0 Å². The van der Waals surface area contributed by atoms with Gasteiger partial charge in [0.05, 0.1) is 0 Å². The number of nitrogens with zero attached hydrogens (tertiary/aromatic N) is 2. The molecule has 0 saturated carbocycles. The average Bonchev–Trinajstić information content (AvgIpc) is 2.92. The SMILES string of the molecule is Clc1cccc(N2CCN(Cc3ccsc3)CC2)c1. The molecule has 0 unspecified atom stereocenters. The van der Waals surface area contributed by atoms with Crippen molar-refractivity contribution in [2.24, 2.45) is 0 Å². The van der Waals surface area contributed by atoms with Crippen LogP contribution in [0.2, 0.25) is 5.02 Å². The summed E-state index contributed by atoms with van der Waals surface area (Å²) in [5.74, 6) is 0. The summed E-state index contributed by atoms with van der Waals surface area (Å²) in [4.78, 5) is 4.93. The Morgan fingerprint density at radius 2 is 1.95 bits per heavy atom. The lowest BCUT2D eigenvalue weighted by Gasteiger charge is -2.36. The molecule has 0 bridgehead atoms. The molecule has 0 radical (unpaired) electrons. The highest BCUT2D eigenvalue weighted by atomic mass is 35.5. The van der Waals surface area contributed by atoms with Crippen LogP contribution in [-0.2, 0) is 6.54 Å². The Hall–Kier alpha value is -1.03. The van der Waals surface area contributed by atoms with Gasteiger partial charge in [0, 0.05) is 43.4 Å². The number of anilines is 1. The first kappa shape index (κ1) is 13.0. The van der Waals surface area contributed by atoms with Crippen molar-refractivity contribution < 1.29 is 0 Å². The summed E-state index contributed by atoms with van der Waals surface area (Å²) in [5.41, 5.74) is 2.67. The highest BCUT2D eigenvalue weighted by Gasteiger charge is 2.17. The van der Waals surface area contributed by atoms with Crippen molar-refractivity contribution in [2.45, 2.75) is 6.54 Å². The molecule has 0 N–H and O–H groups in total. The lowest BCUT2D eigenvalue weighted by atomic mass is 10.2. The van der Waals surface area contributed by atoms with E-state index >= 15 is 0 Å². The van der Waals surface area contributed by atoms with Crippen LogP contribution >= 0.6 is 22.9 Å². The third-order valence-corrected chi connectivity index (χ3v) is 4.50. The van der Waals surface area contributed by atoms with Crippen molar-refractivity contribution in [1.29, 1.82) is 0 Å².